The van der Waals surface area contributed by atoms with Crippen molar-refractivity contribution in [3.63, 3.8) is 0 Å². The van der Waals surface area contributed by atoms with Crippen molar-refractivity contribution in [2.24, 2.45) is 5.92 Å². The maximum atomic E-state index is 6.20. The predicted octanol–water partition coefficient (Wildman–Crippen LogP) is 3.31. The van der Waals surface area contributed by atoms with Crippen LogP contribution in [-0.2, 0) is 4.74 Å². The van der Waals surface area contributed by atoms with Gasteiger partial charge in [0.1, 0.15) is 5.75 Å². The molecule has 2 fully saturated rings. The predicted molar refractivity (Wildman–Crippen MR) is 80.1 cm³/mol. The van der Waals surface area contributed by atoms with Crippen LogP contribution in [0.3, 0.4) is 0 Å². The summed E-state index contributed by atoms with van der Waals surface area (Å²) in [5, 5.41) is 3.72. The standard InChI is InChI=1S/C17H25NO2/c1-2-19-16-10-6-4-8-14(16)17-11-18-15-9-5-3-7-13(15)12-20-17/h4,6,8,10,13,15,17-18H,2-3,5,7,9,11-12H2,1H3. The van der Waals surface area contributed by atoms with Gasteiger partial charge < -0.3 is 14.8 Å². The molecule has 0 radical (unpaired) electrons. The van der Waals surface area contributed by atoms with Crippen molar-refractivity contribution in [1.82, 2.24) is 5.32 Å². The molecule has 3 rings (SSSR count). The monoisotopic (exact) mass is 275 g/mol. The molecular weight excluding hydrogens is 250 g/mol. The van der Waals surface area contributed by atoms with Crippen LogP contribution in [0.4, 0.5) is 0 Å². The van der Waals surface area contributed by atoms with Gasteiger partial charge in [-0.3, -0.25) is 0 Å². The third kappa shape index (κ3) is 2.99. The molecule has 1 aliphatic carbocycles. The van der Waals surface area contributed by atoms with Crippen molar-refractivity contribution in [3.05, 3.63) is 29.8 Å². The maximum absolute atomic E-state index is 6.20. The maximum Gasteiger partial charge on any atom is 0.125 e. The molecule has 20 heavy (non-hydrogen) atoms. The van der Waals surface area contributed by atoms with Gasteiger partial charge in [0, 0.05) is 18.2 Å². The number of para-hydroxylation sites is 1. The van der Waals surface area contributed by atoms with Crippen molar-refractivity contribution in [1.29, 1.82) is 0 Å². The summed E-state index contributed by atoms with van der Waals surface area (Å²) < 4.78 is 11.9. The summed E-state index contributed by atoms with van der Waals surface area (Å²) >= 11 is 0. The molecule has 1 aromatic carbocycles. The van der Waals surface area contributed by atoms with Gasteiger partial charge in [-0.2, -0.15) is 0 Å². The SMILES string of the molecule is CCOc1ccccc1C1CNC2CCCCC2CO1. The van der Waals surface area contributed by atoms with Crippen molar-refractivity contribution in [3.8, 4) is 5.75 Å². The highest BCUT2D eigenvalue weighted by Crippen LogP contribution is 2.33. The lowest BCUT2D eigenvalue weighted by atomic mass is 9.85. The molecule has 3 nitrogen and oxygen atoms in total. The van der Waals surface area contributed by atoms with Crippen LogP contribution in [0.1, 0.15) is 44.3 Å². The number of nitrogens with one attached hydrogen (secondary N) is 1. The summed E-state index contributed by atoms with van der Waals surface area (Å²) in [5.74, 6) is 1.65. The minimum Gasteiger partial charge on any atom is -0.493 e. The van der Waals surface area contributed by atoms with E-state index in [4.69, 9.17) is 9.47 Å². The third-order valence-electron chi connectivity index (χ3n) is 4.55. The summed E-state index contributed by atoms with van der Waals surface area (Å²) in [6.45, 7) is 4.49. The Morgan fingerprint density at radius 3 is 3.00 bits per heavy atom. The largest absolute Gasteiger partial charge is 0.493 e. The average Bonchev–Trinajstić information content (AvgIpc) is 2.71. The molecule has 1 saturated heterocycles. The van der Waals surface area contributed by atoms with E-state index < -0.39 is 0 Å². The van der Waals surface area contributed by atoms with Crippen molar-refractivity contribution < 1.29 is 9.47 Å². The van der Waals surface area contributed by atoms with Crippen molar-refractivity contribution in [2.75, 3.05) is 19.8 Å². The Bertz CT molecular complexity index is 419. The highest BCUT2D eigenvalue weighted by Gasteiger charge is 2.30. The van der Waals surface area contributed by atoms with Crippen LogP contribution in [0.25, 0.3) is 0 Å². The number of ether oxygens (including phenoxy) is 2. The van der Waals surface area contributed by atoms with Gasteiger partial charge >= 0.3 is 0 Å². The molecule has 1 N–H and O–H groups in total. The second-order valence-electron chi connectivity index (χ2n) is 5.85. The quantitative estimate of drug-likeness (QED) is 0.918. The smallest absolute Gasteiger partial charge is 0.125 e. The van der Waals surface area contributed by atoms with Crippen LogP contribution in [-0.4, -0.2) is 25.8 Å². The van der Waals surface area contributed by atoms with E-state index >= 15 is 0 Å². The number of fused-ring (bicyclic) bond motifs is 1. The van der Waals surface area contributed by atoms with E-state index in [9.17, 15) is 0 Å². The van der Waals surface area contributed by atoms with Gasteiger partial charge in [0.2, 0.25) is 0 Å². The van der Waals surface area contributed by atoms with Gasteiger partial charge in [0.25, 0.3) is 0 Å². The van der Waals surface area contributed by atoms with Gasteiger partial charge in [0.15, 0.2) is 0 Å². The minimum absolute atomic E-state index is 0.114. The van der Waals surface area contributed by atoms with Crippen LogP contribution in [0.2, 0.25) is 0 Å². The zero-order chi connectivity index (χ0) is 13.8. The van der Waals surface area contributed by atoms with Gasteiger partial charge in [-0.25, -0.2) is 0 Å². The lowest BCUT2D eigenvalue weighted by Crippen LogP contribution is -2.38. The van der Waals surface area contributed by atoms with E-state index in [1.807, 2.05) is 19.1 Å². The summed E-state index contributed by atoms with van der Waals surface area (Å²) in [5.41, 5.74) is 1.18. The minimum atomic E-state index is 0.114. The van der Waals surface area contributed by atoms with Gasteiger partial charge in [-0.1, -0.05) is 31.0 Å². The normalized spacial score (nSPS) is 30.4. The van der Waals surface area contributed by atoms with Crippen LogP contribution < -0.4 is 10.1 Å². The topological polar surface area (TPSA) is 30.5 Å². The fourth-order valence-corrected chi connectivity index (χ4v) is 3.47. The molecule has 0 amide bonds. The number of benzene rings is 1. The van der Waals surface area contributed by atoms with Gasteiger partial charge in [-0.15, -0.1) is 0 Å². The van der Waals surface area contributed by atoms with Crippen molar-refractivity contribution in [2.45, 2.75) is 44.8 Å². The molecular formula is C17H25NO2. The summed E-state index contributed by atoms with van der Waals surface area (Å²) in [6.07, 6.45) is 5.43. The molecule has 0 spiro atoms. The number of rotatable bonds is 3. The molecule has 3 heteroatoms. The van der Waals surface area contributed by atoms with E-state index in [1.54, 1.807) is 0 Å². The van der Waals surface area contributed by atoms with E-state index in [-0.39, 0.29) is 6.10 Å². The van der Waals surface area contributed by atoms with E-state index in [1.165, 1.54) is 31.2 Å². The van der Waals surface area contributed by atoms with Crippen LogP contribution in [0.15, 0.2) is 24.3 Å². The summed E-state index contributed by atoms with van der Waals surface area (Å²) in [4.78, 5) is 0. The molecule has 1 aromatic rings. The Kier molecular flexibility index (Phi) is 4.58. The molecule has 0 bridgehead atoms. The second kappa shape index (κ2) is 6.59. The lowest BCUT2D eigenvalue weighted by Gasteiger charge is -2.29. The Labute approximate surface area is 121 Å². The molecule has 1 heterocycles. The van der Waals surface area contributed by atoms with E-state index in [2.05, 4.69) is 17.4 Å². The highest BCUT2D eigenvalue weighted by molar-refractivity contribution is 5.35. The Morgan fingerprint density at radius 1 is 1.25 bits per heavy atom. The fraction of sp³-hybridized carbons (Fsp3) is 0.647. The first kappa shape index (κ1) is 13.9. The van der Waals surface area contributed by atoms with Gasteiger partial charge in [0.05, 0.1) is 19.3 Å². The van der Waals surface area contributed by atoms with E-state index in [0.717, 1.165) is 18.9 Å². The molecule has 110 valence electrons. The molecule has 1 aliphatic heterocycles. The third-order valence-corrected chi connectivity index (χ3v) is 4.55. The number of hydrogen-bond donors (Lipinski definition) is 1. The number of hydrogen-bond acceptors (Lipinski definition) is 3. The molecule has 3 unspecified atom stereocenters. The first-order chi connectivity index (χ1) is 9.88. The average molecular weight is 275 g/mol. The first-order valence-corrected chi connectivity index (χ1v) is 7.95. The van der Waals surface area contributed by atoms with Crippen molar-refractivity contribution >= 4 is 0 Å². The second-order valence-corrected chi connectivity index (χ2v) is 5.85. The van der Waals surface area contributed by atoms with Gasteiger partial charge in [-0.05, 0) is 31.7 Å². The molecule has 1 saturated carbocycles. The van der Waals surface area contributed by atoms with E-state index in [0.29, 0.717) is 18.6 Å². The summed E-state index contributed by atoms with van der Waals surface area (Å²) in [6, 6.07) is 8.91. The highest BCUT2D eigenvalue weighted by atomic mass is 16.5. The Balaban J connectivity index is 1.74. The molecule has 3 atom stereocenters. The summed E-state index contributed by atoms with van der Waals surface area (Å²) in [7, 11) is 0. The van der Waals surface area contributed by atoms with Crippen LogP contribution in [0.5, 0.6) is 5.75 Å². The fourth-order valence-electron chi connectivity index (χ4n) is 3.47. The zero-order valence-electron chi connectivity index (χ0n) is 12.3. The Hall–Kier alpha value is -1.06. The first-order valence-electron chi connectivity index (χ1n) is 7.95. The molecule has 2 aliphatic rings. The van der Waals surface area contributed by atoms with Crippen LogP contribution in [0, 0.1) is 5.92 Å². The van der Waals surface area contributed by atoms with Crippen LogP contribution >= 0.6 is 0 Å². The molecule has 0 aromatic heterocycles. The zero-order valence-corrected chi connectivity index (χ0v) is 12.3. The lowest BCUT2D eigenvalue weighted by molar-refractivity contribution is 0.0385. The Morgan fingerprint density at radius 2 is 2.10 bits per heavy atom.